The quantitative estimate of drug-likeness (QED) is 0.164. The van der Waals surface area contributed by atoms with Gasteiger partial charge in [-0.25, -0.2) is 4.39 Å². The van der Waals surface area contributed by atoms with E-state index in [1.165, 1.54) is 13.2 Å². The number of carbonyl (C=O) groups is 1. The van der Waals surface area contributed by atoms with Crippen molar-refractivity contribution >= 4 is 56.5 Å². The van der Waals surface area contributed by atoms with E-state index in [1.807, 2.05) is 40.8 Å². The van der Waals surface area contributed by atoms with Crippen LogP contribution in [0.2, 0.25) is 0 Å². The highest BCUT2D eigenvalue weighted by molar-refractivity contribution is 7.80. The van der Waals surface area contributed by atoms with Gasteiger partial charge in [0.05, 0.1) is 30.0 Å². The zero-order chi connectivity index (χ0) is 32.7. The Bertz CT molecular complexity index is 1940. The van der Waals surface area contributed by atoms with E-state index in [2.05, 4.69) is 15.1 Å². The predicted molar refractivity (Wildman–Crippen MR) is 177 cm³/mol. The topological polar surface area (TPSA) is 151 Å². The van der Waals surface area contributed by atoms with Gasteiger partial charge in [0.1, 0.15) is 5.69 Å². The molecule has 1 unspecified atom stereocenters. The summed E-state index contributed by atoms with van der Waals surface area (Å²) in [4.78, 5) is 28.9. The molecule has 0 radical (unpaired) electrons. The van der Waals surface area contributed by atoms with Crippen molar-refractivity contribution in [2.24, 2.45) is 16.0 Å². The van der Waals surface area contributed by atoms with Gasteiger partial charge in [-0.2, -0.15) is 0 Å². The van der Waals surface area contributed by atoms with Crippen LogP contribution in [0.15, 0.2) is 51.6 Å². The van der Waals surface area contributed by atoms with Gasteiger partial charge < -0.3 is 34.7 Å². The molecule has 6 rings (SSSR count). The van der Waals surface area contributed by atoms with E-state index >= 15 is 4.39 Å². The zero-order valence-electron chi connectivity index (χ0n) is 25.6. The summed E-state index contributed by atoms with van der Waals surface area (Å²) in [6.07, 6.45) is 4.63. The van der Waals surface area contributed by atoms with E-state index in [1.54, 1.807) is 10.8 Å². The molecule has 3 heterocycles. The molecule has 0 amide bonds. The third-order valence-electron chi connectivity index (χ3n) is 8.94. The van der Waals surface area contributed by atoms with Gasteiger partial charge in [0.25, 0.3) is 0 Å². The molecule has 2 fully saturated rings. The lowest BCUT2D eigenvalue weighted by Gasteiger charge is -2.39. The third-order valence-corrected chi connectivity index (χ3v) is 9.02. The highest BCUT2D eigenvalue weighted by Gasteiger charge is 2.33. The SMILES string of the molecule is COc1c(N2CCCC(N(C)CCn3c(O)c(N=NC(N)=S)c4ccccc43)C2)c(F)cc2c(=O)c(CC(=O)O)cn(C3CC3)c12. The average molecular weight is 650 g/mol. The zero-order valence-corrected chi connectivity index (χ0v) is 26.5. The number of aromatic nitrogens is 2. The van der Waals surface area contributed by atoms with E-state index in [0.717, 1.165) is 36.6 Å². The van der Waals surface area contributed by atoms with E-state index in [0.29, 0.717) is 43.1 Å². The molecule has 1 aliphatic carbocycles. The van der Waals surface area contributed by atoms with Crippen LogP contribution in [0, 0.1) is 5.82 Å². The number of methoxy groups -OCH3 is 1. The van der Waals surface area contributed by atoms with Gasteiger partial charge in [-0.05, 0) is 57.1 Å². The number of piperidine rings is 1. The number of aliphatic carboxylic acids is 1. The number of likely N-dealkylation sites (N-methyl/N-ethyl adjacent to an activating group) is 1. The molecule has 242 valence electrons. The number of para-hydroxylation sites is 1. The van der Waals surface area contributed by atoms with Crippen molar-refractivity contribution in [1.29, 1.82) is 0 Å². The molecule has 0 bridgehead atoms. The summed E-state index contributed by atoms with van der Waals surface area (Å²) >= 11 is 4.81. The Morgan fingerprint density at radius 3 is 2.70 bits per heavy atom. The van der Waals surface area contributed by atoms with E-state index in [4.69, 9.17) is 22.7 Å². The number of thiocarbonyl (C=S) groups is 1. The molecule has 4 N–H and O–H groups in total. The summed E-state index contributed by atoms with van der Waals surface area (Å²) in [5, 5.41) is 29.0. The number of pyridine rings is 1. The summed E-state index contributed by atoms with van der Waals surface area (Å²) in [5.41, 5.74) is 7.01. The first kappa shape index (κ1) is 31.4. The number of halogens is 1. The summed E-state index contributed by atoms with van der Waals surface area (Å²) in [7, 11) is 3.48. The maximum atomic E-state index is 16.0. The third kappa shape index (κ3) is 5.89. The van der Waals surface area contributed by atoms with Crippen LogP contribution in [0.4, 0.5) is 15.8 Å². The van der Waals surface area contributed by atoms with Gasteiger partial charge in [0.15, 0.2) is 22.7 Å². The molecule has 0 spiro atoms. The summed E-state index contributed by atoms with van der Waals surface area (Å²) in [6, 6.07) is 8.89. The first-order chi connectivity index (χ1) is 22.1. The number of azo groups is 1. The Labute approximate surface area is 269 Å². The van der Waals surface area contributed by atoms with Gasteiger partial charge in [0.2, 0.25) is 11.0 Å². The maximum absolute atomic E-state index is 16.0. The molecule has 4 aromatic rings. The van der Waals surface area contributed by atoms with Crippen LogP contribution in [-0.4, -0.2) is 75.2 Å². The minimum Gasteiger partial charge on any atom is -0.493 e. The van der Waals surface area contributed by atoms with Crippen molar-refractivity contribution in [2.75, 3.05) is 38.7 Å². The van der Waals surface area contributed by atoms with Gasteiger partial charge in [-0.3, -0.25) is 14.5 Å². The van der Waals surface area contributed by atoms with Gasteiger partial charge in [-0.1, -0.05) is 18.2 Å². The number of carboxylic acids is 1. The normalized spacial score (nSPS) is 17.0. The van der Waals surface area contributed by atoms with Gasteiger partial charge in [-0.15, -0.1) is 10.2 Å². The van der Waals surface area contributed by atoms with Gasteiger partial charge in [0, 0.05) is 55.4 Å². The van der Waals surface area contributed by atoms with Crippen LogP contribution in [0.5, 0.6) is 11.6 Å². The number of hydrogen-bond acceptors (Lipinski definition) is 8. The summed E-state index contributed by atoms with van der Waals surface area (Å²) in [6.45, 7) is 2.17. The minimum atomic E-state index is -1.12. The first-order valence-electron chi connectivity index (χ1n) is 15.2. The van der Waals surface area contributed by atoms with Gasteiger partial charge >= 0.3 is 5.97 Å². The number of benzene rings is 2. The second-order valence-electron chi connectivity index (χ2n) is 11.9. The Morgan fingerprint density at radius 1 is 1.24 bits per heavy atom. The van der Waals surface area contributed by atoms with Crippen molar-refractivity contribution < 1.29 is 24.1 Å². The van der Waals surface area contributed by atoms with E-state index in [-0.39, 0.29) is 39.8 Å². The Kier molecular flexibility index (Phi) is 8.66. The second kappa shape index (κ2) is 12.7. The van der Waals surface area contributed by atoms with Crippen molar-refractivity contribution in [2.45, 2.75) is 50.7 Å². The molecule has 2 aliphatic rings. The summed E-state index contributed by atoms with van der Waals surface area (Å²) < 4.78 is 25.5. The molecular formula is C32H36FN7O5S. The Morgan fingerprint density at radius 2 is 2.00 bits per heavy atom. The number of ether oxygens (including phenoxy) is 1. The molecule has 1 atom stereocenters. The minimum absolute atomic E-state index is 0.0314. The fraction of sp³-hybridized carbons (Fsp3) is 0.406. The lowest BCUT2D eigenvalue weighted by molar-refractivity contribution is -0.136. The molecule has 14 heteroatoms. The molecule has 2 aromatic heterocycles. The Hall–Kier alpha value is -4.56. The van der Waals surface area contributed by atoms with Crippen LogP contribution >= 0.6 is 12.2 Å². The molecule has 46 heavy (non-hydrogen) atoms. The highest BCUT2D eigenvalue weighted by atomic mass is 32.1. The lowest BCUT2D eigenvalue weighted by Crippen LogP contribution is -2.47. The average Bonchev–Trinajstić information content (AvgIpc) is 3.84. The fourth-order valence-electron chi connectivity index (χ4n) is 6.57. The number of fused-ring (bicyclic) bond motifs is 2. The largest absolute Gasteiger partial charge is 0.493 e. The molecule has 1 saturated carbocycles. The Balaban J connectivity index is 1.28. The highest BCUT2D eigenvalue weighted by Crippen LogP contribution is 2.44. The molecular weight excluding hydrogens is 613 g/mol. The maximum Gasteiger partial charge on any atom is 0.308 e. The number of hydrogen-bond donors (Lipinski definition) is 3. The number of aromatic hydroxyl groups is 1. The fourth-order valence-corrected chi connectivity index (χ4v) is 6.61. The first-order valence-corrected chi connectivity index (χ1v) is 15.6. The van der Waals surface area contributed by atoms with Crippen LogP contribution in [-0.2, 0) is 17.8 Å². The monoisotopic (exact) mass is 649 g/mol. The molecule has 1 aliphatic heterocycles. The lowest BCUT2D eigenvalue weighted by atomic mass is 10.0. The molecule has 12 nitrogen and oxygen atoms in total. The molecule has 2 aromatic carbocycles. The standard InChI is InChI=1S/C32H36FN7O5S/c1-37(12-13-39-24-8-4-3-7-21(24)26(31(39)44)35-36-32(34)46)20-6-5-11-38(17-20)28-23(33)15-22-27(30(28)45-2)40(19-9-10-19)16-18(29(22)43)14-25(41)42/h3-4,7-8,15-16,19-20,44H,5-6,9-14,17H2,1-2H3,(H2,34,46)(H,41,42). The van der Waals surface area contributed by atoms with Crippen LogP contribution in [0.25, 0.3) is 21.8 Å². The number of anilines is 1. The van der Waals surface area contributed by atoms with Crippen molar-refractivity contribution in [3.8, 4) is 11.6 Å². The number of carboxylic acid groups (broad SMARTS) is 1. The van der Waals surface area contributed by atoms with Crippen molar-refractivity contribution in [1.82, 2.24) is 14.0 Å². The van der Waals surface area contributed by atoms with Crippen LogP contribution in [0.1, 0.15) is 37.3 Å². The number of nitrogens with zero attached hydrogens (tertiary/aromatic N) is 6. The van der Waals surface area contributed by atoms with E-state index in [9.17, 15) is 19.8 Å². The summed E-state index contributed by atoms with van der Waals surface area (Å²) in [5.74, 6) is -1.45. The predicted octanol–water partition coefficient (Wildman–Crippen LogP) is 4.70. The molecule has 1 saturated heterocycles. The second-order valence-corrected chi connectivity index (χ2v) is 12.3. The number of rotatable bonds is 10. The van der Waals surface area contributed by atoms with Crippen molar-refractivity contribution in [3.63, 3.8) is 0 Å². The number of nitrogens with two attached hydrogens (primary N) is 1. The van der Waals surface area contributed by atoms with Crippen LogP contribution < -0.4 is 20.8 Å². The van der Waals surface area contributed by atoms with Crippen LogP contribution in [0.3, 0.4) is 0 Å². The smallest absolute Gasteiger partial charge is 0.308 e. The van der Waals surface area contributed by atoms with E-state index < -0.39 is 23.6 Å². The van der Waals surface area contributed by atoms with Crippen molar-refractivity contribution in [3.05, 3.63) is 58.1 Å².